The van der Waals surface area contributed by atoms with E-state index in [1.165, 1.54) is 0 Å². The Hall–Kier alpha value is 0.935. The van der Waals surface area contributed by atoms with Crippen molar-refractivity contribution < 1.29 is 286 Å². The number of hydrogen-bond acceptors (Lipinski definition) is 19. The standard InChI is InChI=1S/C27H22N4O18S4.4K/c1-48-26(34)22-16(24(32)30(28-22)18-12-14(50(36,37)38)8-10-20(18)52(42,43)44)6-4-3-5-7-17-23(27(35)49-2)29-31(25(17)33)19-13-15(51(39,40)41)9-11-21(19)53(45,46)47;;;;/h3-13,32H,1-2H3,(H,36,37,38)(H,39,40,41)(H,42,43,44)(H,45,46,47);;;;/q;4*+1/p-4. The number of esters is 2. The maximum absolute atomic E-state index is 13.3. The van der Waals surface area contributed by atoms with E-state index in [9.17, 15) is 71.4 Å². The van der Waals surface area contributed by atoms with E-state index in [1.807, 2.05) is 0 Å². The molecule has 30 heteroatoms. The van der Waals surface area contributed by atoms with Gasteiger partial charge in [-0.15, -0.1) is 0 Å². The molecule has 1 aliphatic rings. The summed E-state index contributed by atoms with van der Waals surface area (Å²) in [4.78, 5) is 33.9. The van der Waals surface area contributed by atoms with Gasteiger partial charge in [-0.25, -0.2) is 39.5 Å². The molecule has 0 fully saturated rings. The van der Waals surface area contributed by atoms with Crippen molar-refractivity contribution in [3.05, 3.63) is 77.5 Å². The van der Waals surface area contributed by atoms with Gasteiger partial charge in [-0.1, -0.05) is 24.3 Å². The first-order chi connectivity index (χ1) is 24.4. The van der Waals surface area contributed by atoms with Crippen molar-refractivity contribution in [1.82, 2.24) is 9.78 Å². The monoisotopic (exact) mass is 970 g/mol. The minimum absolute atomic E-state index is 0. The van der Waals surface area contributed by atoms with Crippen LogP contribution < -0.4 is 216 Å². The zero-order chi connectivity index (χ0) is 39.8. The Balaban J connectivity index is 0.00000784. The number of nitrogens with zero attached hydrogens (tertiary/aromatic N) is 4. The van der Waals surface area contributed by atoms with Crippen LogP contribution in [0.15, 0.2) is 91.0 Å². The molecule has 1 N–H and O–H groups in total. The summed E-state index contributed by atoms with van der Waals surface area (Å²) in [5.41, 5.74) is -4.75. The first kappa shape index (κ1) is 57.9. The summed E-state index contributed by atoms with van der Waals surface area (Å²) in [6, 6.07) is 2.76. The molecular formula is C27H18K4N4O18S4. The Kier molecular flexibility index (Phi) is 23.4. The number of carbonyl (C=O) groups is 3. The fourth-order valence-corrected chi connectivity index (χ4v) is 6.65. The Bertz CT molecular complexity index is 2680. The quantitative estimate of drug-likeness (QED) is 0.0613. The topological polar surface area (TPSA) is 352 Å². The minimum atomic E-state index is -5.43. The molecule has 3 aromatic rings. The van der Waals surface area contributed by atoms with Crippen LogP contribution in [0.4, 0.5) is 5.69 Å². The predicted octanol–water partition coefficient (Wildman–Crippen LogP) is -13.2. The molecule has 2 heterocycles. The maximum atomic E-state index is 13.3. The maximum Gasteiger partial charge on any atom is 1.00 e. The van der Waals surface area contributed by atoms with Crippen molar-refractivity contribution in [2.45, 2.75) is 19.6 Å². The number of ether oxygens (including phenoxy) is 2. The third-order valence-electron chi connectivity index (χ3n) is 6.70. The Morgan fingerprint density at radius 2 is 1.25 bits per heavy atom. The van der Waals surface area contributed by atoms with Crippen LogP contribution in [0.3, 0.4) is 0 Å². The molecular weight excluding hydrogens is 953 g/mol. The van der Waals surface area contributed by atoms with E-state index in [4.69, 9.17) is 0 Å². The Labute approximate surface area is 494 Å². The van der Waals surface area contributed by atoms with Crippen molar-refractivity contribution in [2.75, 3.05) is 19.2 Å². The number of rotatable bonds is 11. The zero-order valence-corrected chi connectivity index (χ0v) is 45.9. The Morgan fingerprint density at radius 1 is 0.737 bits per heavy atom. The van der Waals surface area contributed by atoms with E-state index in [-0.39, 0.29) is 215 Å². The van der Waals surface area contributed by atoms with Gasteiger partial charge in [-0.2, -0.15) is 23.6 Å². The van der Waals surface area contributed by atoms with Crippen molar-refractivity contribution in [2.24, 2.45) is 5.10 Å². The summed E-state index contributed by atoms with van der Waals surface area (Å²) in [7, 11) is -19.4. The van der Waals surface area contributed by atoms with Crippen LogP contribution in [0.25, 0.3) is 11.8 Å². The number of hydrazone groups is 1. The van der Waals surface area contributed by atoms with E-state index >= 15 is 0 Å². The molecule has 22 nitrogen and oxygen atoms in total. The van der Waals surface area contributed by atoms with Gasteiger partial charge in [0.05, 0.1) is 45.9 Å². The summed E-state index contributed by atoms with van der Waals surface area (Å²) in [6.45, 7) is 0. The van der Waals surface area contributed by atoms with Crippen molar-refractivity contribution in [3.8, 4) is 11.6 Å². The summed E-state index contributed by atoms with van der Waals surface area (Å²) in [6.07, 6.45) is 4.87. The number of methoxy groups -OCH3 is 2. The molecule has 0 aliphatic carbocycles. The van der Waals surface area contributed by atoms with Gasteiger partial charge in [0.1, 0.15) is 35.2 Å². The molecule has 0 atom stereocenters. The third kappa shape index (κ3) is 14.0. The van der Waals surface area contributed by atoms with E-state index in [2.05, 4.69) is 19.7 Å². The molecule has 0 unspecified atom stereocenters. The molecule has 1 aromatic heterocycles. The molecule has 2 aromatic carbocycles. The van der Waals surface area contributed by atoms with Crippen molar-refractivity contribution in [1.29, 1.82) is 0 Å². The van der Waals surface area contributed by atoms with Crippen LogP contribution in [-0.2, 0) is 59.5 Å². The number of amides is 1. The average molecular weight is 971 g/mol. The van der Waals surface area contributed by atoms with Crippen LogP contribution in [0.1, 0.15) is 16.1 Å². The summed E-state index contributed by atoms with van der Waals surface area (Å²) < 4.78 is 148. The van der Waals surface area contributed by atoms with Gasteiger partial charge in [-0.3, -0.25) is 9.35 Å². The minimum Gasteiger partial charge on any atom is -0.858 e. The van der Waals surface area contributed by atoms with Crippen LogP contribution in [-0.4, -0.2) is 99.4 Å². The van der Waals surface area contributed by atoms with Gasteiger partial charge in [0.15, 0.2) is 11.4 Å². The van der Waals surface area contributed by atoms with Gasteiger partial charge < -0.3 is 28.2 Å². The second-order valence-electron chi connectivity index (χ2n) is 9.95. The molecule has 1 amide bonds. The molecule has 0 radical (unpaired) electrons. The normalized spacial score (nSPS) is 14.0. The molecule has 0 bridgehead atoms. The fraction of sp³-hybridized carbons (Fsp3) is 0.0741. The summed E-state index contributed by atoms with van der Waals surface area (Å²) >= 11 is 0. The van der Waals surface area contributed by atoms with Crippen LogP contribution in [0.5, 0.6) is 5.88 Å². The van der Waals surface area contributed by atoms with Gasteiger partial charge in [-0.05, 0) is 48.4 Å². The number of hydrogen-bond donors (Lipinski definition) is 1. The first-order valence-corrected chi connectivity index (χ1v) is 19.2. The molecule has 4 rings (SSSR count). The number of benzene rings is 2. The molecule has 0 spiro atoms. The third-order valence-corrected chi connectivity index (χ3v) is 10.2. The van der Waals surface area contributed by atoms with E-state index in [1.54, 1.807) is 0 Å². The largest absolute Gasteiger partial charge is 1.00 e. The van der Waals surface area contributed by atoms with E-state index in [0.29, 0.717) is 36.4 Å². The Morgan fingerprint density at radius 3 is 1.72 bits per heavy atom. The second-order valence-corrected chi connectivity index (χ2v) is 15.4. The molecule has 0 saturated carbocycles. The molecule has 1 aliphatic heterocycles. The van der Waals surface area contributed by atoms with Crippen molar-refractivity contribution >= 4 is 75.8 Å². The fourth-order valence-electron chi connectivity index (χ4n) is 4.38. The zero-order valence-electron chi connectivity index (χ0n) is 30.2. The van der Waals surface area contributed by atoms with Crippen molar-refractivity contribution in [3.63, 3.8) is 0 Å². The smallest absolute Gasteiger partial charge is 0.858 e. The van der Waals surface area contributed by atoms with E-state index in [0.717, 1.165) is 44.6 Å². The number of anilines is 1. The molecule has 0 saturated heterocycles. The number of carbonyl (C=O) groups excluding carboxylic acids is 3. The summed E-state index contributed by atoms with van der Waals surface area (Å²) in [5.74, 6) is -5.17. The molecule has 282 valence electrons. The summed E-state index contributed by atoms with van der Waals surface area (Å²) in [5, 5.41) is 20.8. The average Bonchev–Trinajstić information content (AvgIpc) is 3.57. The van der Waals surface area contributed by atoms with Gasteiger partial charge >= 0.3 is 217 Å². The van der Waals surface area contributed by atoms with E-state index < -0.39 is 118 Å². The van der Waals surface area contributed by atoms with Gasteiger partial charge in [0.2, 0.25) is 0 Å². The van der Waals surface area contributed by atoms with Crippen LogP contribution in [0, 0.1) is 0 Å². The number of aromatic nitrogens is 2. The predicted molar refractivity (Wildman–Crippen MR) is 168 cm³/mol. The van der Waals surface area contributed by atoms with Crippen LogP contribution >= 0.6 is 0 Å². The first-order valence-electron chi connectivity index (χ1n) is 13.5. The van der Waals surface area contributed by atoms with Crippen LogP contribution in [0.2, 0.25) is 0 Å². The van der Waals surface area contributed by atoms with Gasteiger partial charge in [0, 0.05) is 5.56 Å². The number of allylic oxidation sites excluding steroid dienone is 4. The SMILES string of the molecule is COC(=O)C1=NN(c2cc(S(=O)(=O)[O-])ccc2S(=O)(=O)[O-])C(=O)C1=CC=CC=Cc1c(C(=O)OC)nn(-c2cc(S(=O)(=O)[O-])ccc2S(=O)(=O)O)c1[O-].[K+].[K+].[K+].[K+]. The molecule has 57 heavy (non-hydrogen) atoms. The van der Waals surface area contributed by atoms with Gasteiger partial charge in [0.25, 0.3) is 16.0 Å². The second kappa shape index (κ2) is 23.0.